The molecule has 1 fully saturated rings. The van der Waals surface area contributed by atoms with Crippen LogP contribution in [0.1, 0.15) is 33.1 Å². The first kappa shape index (κ1) is 12.0. The molecule has 14 heavy (non-hydrogen) atoms. The molecular formula is C10H20NO2S. The maximum atomic E-state index is 11.6. The third kappa shape index (κ3) is 2.95. The molecule has 1 saturated heterocycles. The van der Waals surface area contributed by atoms with E-state index in [0.717, 1.165) is 19.3 Å². The lowest BCUT2D eigenvalue weighted by Crippen LogP contribution is -2.40. The Labute approximate surface area is 87.5 Å². The van der Waals surface area contributed by atoms with E-state index >= 15 is 0 Å². The summed E-state index contributed by atoms with van der Waals surface area (Å²) in [7, 11) is -2.96. The van der Waals surface area contributed by atoms with Crippen molar-refractivity contribution in [2.45, 2.75) is 33.1 Å². The maximum absolute atomic E-state index is 11.6. The average Bonchev–Trinajstić information content (AvgIpc) is 2.19. The molecule has 0 aromatic rings. The minimum Gasteiger partial charge on any atom is -0.212 e. The molecule has 1 heterocycles. The highest BCUT2D eigenvalue weighted by atomic mass is 32.2. The zero-order valence-corrected chi connectivity index (χ0v) is 9.89. The summed E-state index contributed by atoms with van der Waals surface area (Å²) >= 11 is 0. The second-order valence-corrected chi connectivity index (χ2v) is 6.06. The van der Waals surface area contributed by atoms with Gasteiger partial charge in [-0.25, -0.2) is 12.7 Å². The molecule has 83 valence electrons. The van der Waals surface area contributed by atoms with E-state index in [2.05, 4.69) is 13.3 Å². The van der Waals surface area contributed by atoms with Gasteiger partial charge in [0.25, 0.3) is 0 Å². The first-order valence-electron chi connectivity index (χ1n) is 5.41. The quantitative estimate of drug-likeness (QED) is 0.719. The Morgan fingerprint density at radius 2 is 2.14 bits per heavy atom. The van der Waals surface area contributed by atoms with Crippen LogP contribution in [0.2, 0.25) is 0 Å². The lowest BCUT2D eigenvalue weighted by molar-refractivity contribution is 0.287. The minimum atomic E-state index is -2.96. The number of sulfonamides is 1. The van der Waals surface area contributed by atoms with Gasteiger partial charge in [0.15, 0.2) is 0 Å². The van der Waals surface area contributed by atoms with Crippen LogP contribution in [0.5, 0.6) is 0 Å². The zero-order chi connectivity index (χ0) is 10.6. The largest absolute Gasteiger partial charge is 0.213 e. The summed E-state index contributed by atoms with van der Waals surface area (Å²) in [6.45, 7) is 5.23. The average molecular weight is 218 g/mol. The fraction of sp³-hybridized carbons (Fsp3) is 0.900. The van der Waals surface area contributed by atoms with Crippen molar-refractivity contribution in [2.24, 2.45) is 5.92 Å². The van der Waals surface area contributed by atoms with Crippen molar-refractivity contribution >= 4 is 10.0 Å². The lowest BCUT2D eigenvalue weighted by atomic mass is 9.95. The third-order valence-electron chi connectivity index (χ3n) is 2.75. The molecule has 1 radical (unpaired) electrons. The van der Waals surface area contributed by atoms with Crippen molar-refractivity contribution in [2.75, 3.05) is 18.8 Å². The van der Waals surface area contributed by atoms with Gasteiger partial charge in [0.1, 0.15) is 0 Å². The Morgan fingerprint density at radius 1 is 1.43 bits per heavy atom. The van der Waals surface area contributed by atoms with Gasteiger partial charge in [-0.2, -0.15) is 0 Å². The highest BCUT2D eigenvalue weighted by Crippen LogP contribution is 2.22. The van der Waals surface area contributed by atoms with Crippen LogP contribution in [-0.4, -0.2) is 31.6 Å². The first-order valence-corrected chi connectivity index (χ1v) is 7.02. The van der Waals surface area contributed by atoms with Gasteiger partial charge in [-0.15, -0.1) is 0 Å². The highest BCUT2D eigenvalue weighted by Gasteiger charge is 2.26. The second kappa shape index (κ2) is 5.12. The van der Waals surface area contributed by atoms with Crippen LogP contribution >= 0.6 is 0 Å². The number of rotatable bonds is 4. The van der Waals surface area contributed by atoms with Gasteiger partial charge in [0.05, 0.1) is 5.75 Å². The zero-order valence-electron chi connectivity index (χ0n) is 9.07. The predicted molar refractivity (Wildman–Crippen MR) is 58.3 cm³/mol. The van der Waals surface area contributed by atoms with Crippen LogP contribution in [-0.2, 0) is 10.0 Å². The van der Waals surface area contributed by atoms with E-state index in [-0.39, 0.29) is 5.75 Å². The number of hydrogen-bond donors (Lipinski definition) is 0. The summed E-state index contributed by atoms with van der Waals surface area (Å²) < 4.78 is 24.9. The molecule has 1 unspecified atom stereocenters. The number of hydrogen-bond acceptors (Lipinski definition) is 2. The van der Waals surface area contributed by atoms with Gasteiger partial charge in [0.2, 0.25) is 10.0 Å². The van der Waals surface area contributed by atoms with Crippen molar-refractivity contribution < 1.29 is 8.42 Å². The van der Waals surface area contributed by atoms with Crippen molar-refractivity contribution in [3.05, 3.63) is 6.42 Å². The van der Waals surface area contributed by atoms with E-state index in [1.807, 2.05) is 0 Å². The number of piperidine rings is 1. The molecule has 0 spiro atoms. The molecule has 0 aromatic carbocycles. The molecule has 4 heteroatoms. The summed E-state index contributed by atoms with van der Waals surface area (Å²) in [5.74, 6) is 0.696. The van der Waals surface area contributed by atoms with E-state index in [4.69, 9.17) is 0 Å². The van der Waals surface area contributed by atoms with Gasteiger partial charge >= 0.3 is 0 Å². The molecule has 1 aliphatic heterocycles. The molecule has 1 aliphatic rings. The lowest BCUT2D eigenvalue weighted by Gasteiger charge is -2.31. The van der Waals surface area contributed by atoms with Gasteiger partial charge < -0.3 is 0 Å². The van der Waals surface area contributed by atoms with Gasteiger partial charge in [-0.1, -0.05) is 13.3 Å². The Kier molecular flexibility index (Phi) is 4.38. The van der Waals surface area contributed by atoms with E-state index < -0.39 is 10.0 Å². The van der Waals surface area contributed by atoms with Crippen LogP contribution in [0.15, 0.2) is 0 Å². The van der Waals surface area contributed by atoms with Crippen molar-refractivity contribution in [3.63, 3.8) is 0 Å². The van der Waals surface area contributed by atoms with E-state index in [1.165, 1.54) is 0 Å². The van der Waals surface area contributed by atoms with Crippen LogP contribution in [0, 0.1) is 12.3 Å². The van der Waals surface area contributed by atoms with Gasteiger partial charge in [-0.3, -0.25) is 0 Å². The molecule has 3 nitrogen and oxygen atoms in total. The standard InChI is InChI=1S/C10H20NO2S/c1-3-6-10-7-5-8-11(9-10)14(12,13)4-2/h6,10H,3-5,7-9H2,1-2H3. The summed E-state index contributed by atoms with van der Waals surface area (Å²) in [6, 6.07) is 0. The minimum absolute atomic E-state index is 0.228. The van der Waals surface area contributed by atoms with E-state index in [9.17, 15) is 8.42 Å². The molecular weight excluding hydrogens is 198 g/mol. The summed E-state index contributed by atoms with van der Waals surface area (Å²) in [5, 5.41) is 0. The maximum Gasteiger partial charge on any atom is 0.213 e. The Morgan fingerprint density at radius 3 is 2.71 bits per heavy atom. The van der Waals surface area contributed by atoms with Crippen LogP contribution < -0.4 is 0 Å². The number of nitrogens with zero attached hydrogens (tertiary/aromatic N) is 1. The predicted octanol–water partition coefficient (Wildman–Crippen LogP) is 1.66. The highest BCUT2D eigenvalue weighted by molar-refractivity contribution is 7.89. The topological polar surface area (TPSA) is 37.4 Å². The molecule has 1 rings (SSSR count). The van der Waals surface area contributed by atoms with Crippen LogP contribution in [0.25, 0.3) is 0 Å². The Balaban J connectivity index is 2.56. The fourth-order valence-corrected chi connectivity index (χ4v) is 3.13. The molecule has 0 aromatic heterocycles. The van der Waals surface area contributed by atoms with Gasteiger partial charge in [0, 0.05) is 13.1 Å². The fourth-order valence-electron chi connectivity index (χ4n) is 1.93. The SMILES string of the molecule is CC[CH]C1CCCN(S(=O)(=O)CC)C1. The van der Waals surface area contributed by atoms with Crippen LogP contribution in [0.3, 0.4) is 0 Å². The van der Waals surface area contributed by atoms with E-state index in [1.54, 1.807) is 11.2 Å². The van der Waals surface area contributed by atoms with Gasteiger partial charge in [-0.05, 0) is 32.1 Å². The monoisotopic (exact) mass is 218 g/mol. The summed E-state index contributed by atoms with van der Waals surface area (Å²) in [5.41, 5.74) is 0. The van der Waals surface area contributed by atoms with Crippen molar-refractivity contribution in [1.82, 2.24) is 4.31 Å². The smallest absolute Gasteiger partial charge is 0.212 e. The summed E-state index contributed by atoms with van der Waals surface area (Å²) in [4.78, 5) is 0. The summed E-state index contributed by atoms with van der Waals surface area (Å²) in [6.07, 6.45) is 5.41. The molecule has 0 saturated carbocycles. The second-order valence-electron chi connectivity index (χ2n) is 3.80. The van der Waals surface area contributed by atoms with Crippen molar-refractivity contribution in [3.8, 4) is 0 Å². The Hall–Kier alpha value is -0.0900. The molecule has 0 amide bonds. The van der Waals surface area contributed by atoms with Crippen LogP contribution in [0.4, 0.5) is 0 Å². The Bertz CT molecular complexity index is 259. The van der Waals surface area contributed by atoms with E-state index in [0.29, 0.717) is 19.0 Å². The first-order chi connectivity index (χ1) is 6.60. The normalized spacial score (nSPS) is 25.1. The third-order valence-corrected chi connectivity index (χ3v) is 4.60. The molecule has 1 atom stereocenters. The molecule has 0 aliphatic carbocycles. The molecule has 0 bridgehead atoms. The molecule has 0 N–H and O–H groups in total. The van der Waals surface area contributed by atoms with Crippen molar-refractivity contribution in [1.29, 1.82) is 0 Å².